The third-order valence-electron chi connectivity index (χ3n) is 3.09. The Morgan fingerprint density at radius 1 is 1.20 bits per heavy atom. The van der Waals surface area contributed by atoms with Gasteiger partial charge in [-0.05, 0) is 44.4 Å². The van der Waals surface area contributed by atoms with Crippen LogP contribution in [0.1, 0.15) is 66.7 Å². The number of aliphatic hydroxyl groups excluding tert-OH is 1. The number of rotatable bonds is 10. The number of hydrogen-bond donors (Lipinski definition) is 1. The van der Waals surface area contributed by atoms with Crippen LogP contribution in [0.3, 0.4) is 0 Å². The van der Waals surface area contributed by atoms with Gasteiger partial charge in [0.25, 0.3) is 0 Å². The summed E-state index contributed by atoms with van der Waals surface area (Å²) in [4.78, 5) is 0. The van der Waals surface area contributed by atoms with Crippen LogP contribution in [0.25, 0.3) is 0 Å². The lowest BCUT2D eigenvalue weighted by Crippen LogP contribution is -2.14. The zero-order chi connectivity index (χ0) is 15.4. The molecule has 0 aromatic carbocycles. The highest BCUT2D eigenvalue weighted by Gasteiger charge is 2.08. The van der Waals surface area contributed by atoms with Gasteiger partial charge in [-0.15, -0.1) is 0 Å². The van der Waals surface area contributed by atoms with Crippen molar-refractivity contribution in [2.75, 3.05) is 13.2 Å². The molecule has 1 unspecified atom stereocenters. The molecule has 0 aliphatic carbocycles. The van der Waals surface area contributed by atoms with E-state index < -0.39 is 0 Å². The molecule has 0 fully saturated rings. The van der Waals surface area contributed by atoms with Crippen molar-refractivity contribution >= 4 is 0 Å². The molecular formula is C18H34O2. The average Bonchev–Trinajstić information content (AvgIpc) is 2.37. The molecule has 0 heterocycles. The van der Waals surface area contributed by atoms with E-state index in [0.29, 0.717) is 0 Å². The van der Waals surface area contributed by atoms with Crippen LogP contribution in [0.2, 0.25) is 0 Å². The summed E-state index contributed by atoms with van der Waals surface area (Å²) in [7, 11) is 0. The van der Waals surface area contributed by atoms with Gasteiger partial charge >= 0.3 is 0 Å². The molecule has 118 valence electrons. The molecule has 0 aromatic rings. The summed E-state index contributed by atoms with van der Waals surface area (Å²) >= 11 is 0. The Morgan fingerprint density at radius 3 is 2.45 bits per heavy atom. The first-order valence-electron chi connectivity index (χ1n) is 7.91. The van der Waals surface area contributed by atoms with E-state index in [9.17, 15) is 5.11 Å². The van der Waals surface area contributed by atoms with Gasteiger partial charge in [-0.25, -0.2) is 0 Å². The fraction of sp³-hybridized carbons (Fsp3) is 0.778. The van der Waals surface area contributed by atoms with Crippen molar-refractivity contribution in [3.63, 3.8) is 0 Å². The number of hydrogen-bond acceptors (Lipinski definition) is 2. The van der Waals surface area contributed by atoms with Crippen LogP contribution in [0.5, 0.6) is 0 Å². The van der Waals surface area contributed by atoms with Gasteiger partial charge in [0.2, 0.25) is 0 Å². The van der Waals surface area contributed by atoms with Crippen molar-refractivity contribution in [3.05, 3.63) is 23.8 Å². The zero-order valence-corrected chi connectivity index (χ0v) is 14.1. The highest BCUT2D eigenvalue weighted by molar-refractivity contribution is 5.00. The van der Waals surface area contributed by atoms with Crippen LogP contribution >= 0.6 is 0 Å². The molecule has 0 aromatic heterocycles. The molecule has 20 heavy (non-hydrogen) atoms. The SMILES string of the molecule is CCC(O)CC/C=C/CC/C(C)=C/COCC(C)(C)C. The smallest absolute Gasteiger partial charge is 0.0650 e. The summed E-state index contributed by atoms with van der Waals surface area (Å²) in [5.74, 6) is 0. The van der Waals surface area contributed by atoms with Crippen LogP contribution in [0.4, 0.5) is 0 Å². The molecule has 0 radical (unpaired) electrons. The summed E-state index contributed by atoms with van der Waals surface area (Å²) in [5.41, 5.74) is 1.63. The van der Waals surface area contributed by atoms with Gasteiger partial charge in [0.05, 0.1) is 19.3 Å². The fourth-order valence-corrected chi connectivity index (χ4v) is 1.71. The number of aliphatic hydroxyl groups is 1. The second-order valence-corrected chi connectivity index (χ2v) is 6.78. The summed E-state index contributed by atoms with van der Waals surface area (Å²) in [5, 5.41) is 9.42. The molecule has 0 saturated heterocycles. The maximum Gasteiger partial charge on any atom is 0.0650 e. The molecule has 0 aliphatic rings. The van der Waals surface area contributed by atoms with Crippen LogP contribution in [0, 0.1) is 5.41 Å². The van der Waals surface area contributed by atoms with Crippen LogP contribution in [-0.2, 0) is 4.74 Å². The second-order valence-electron chi connectivity index (χ2n) is 6.78. The molecule has 2 nitrogen and oxygen atoms in total. The average molecular weight is 282 g/mol. The van der Waals surface area contributed by atoms with Gasteiger partial charge in [0.1, 0.15) is 0 Å². The Hall–Kier alpha value is -0.600. The highest BCUT2D eigenvalue weighted by Crippen LogP contribution is 2.13. The monoisotopic (exact) mass is 282 g/mol. The lowest BCUT2D eigenvalue weighted by molar-refractivity contribution is 0.0906. The predicted molar refractivity (Wildman–Crippen MR) is 87.9 cm³/mol. The third kappa shape index (κ3) is 13.8. The molecule has 0 spiro atoms. The van der Waals surface area contributed by atoms with Crippen molar-refractivity contribution in [2.45, 2.75) is 72.8 Å². The van der Waals surface area contributed by atoms with E-state index in [1.807, 2.05) is 6.92 Å². The Labute approximate surface area is 125 Å². The van der Waals surface area contributed by atoms with Crippen molar-refractivity contribution in [3.8, 4) is 0 Å². The Morgan fingerprint density at radius 2 is 1.85 bits per heavy atom. The van der Waals surface area contributed by atoms with Gasteiger partial charge in [-0.2, -0.15) is 0 Å². The van der Waals surface area contributed by atoms with Crippen molar-refractivity contribution < 1.29 is 9.84 Å². The van der Waals surface area contributed by atoms with Gasteiger partial charge in [0.15, 0.2) is 0 Å². The van der Waals surface area contributed by atoms with Gasteiger partial charge in [0, 0.05) is 0 Å². The van der Waals surface area contributed by atoms with Gasteiger partial charge in [-0.3, -0.25) is 0 Å². The first kappa shape index (κ1) is 19.4. The Kier molecular flexibility index (Phi) is 10.8. The second kappa shape index (κ2) is 11.1. The van der Waals surface area contributed by atoms with E-state index in [4.69, 9.17) is 4.74 Å². The number of allylic oxidation sites excluding steroid dienone is 3. The van der Waals surface area contributed by atoms with Crippen LogP contribution in [-0.4, -0.2) is 24.4 Å². The lowest BCUT2D eigenvalue weighted by Gasteiger charge is -2.17. The van der Waals surface area contributed by atoms with Crippen LogP contribution in [0.15, 0.2) is 23.8 Å². The first-order valence-corrected chi connectivity index (χ1v) is 7.91. The minimum absolute atomic E-state index is 0.138. The summed E-state index contributed by atoms with van der Waals surface area (Å²) < 4.78 is 5.63. The first-order chi connectivity index (χ1) is 9.35. The minimum atomic E-state index is -0.138. The molecule has 0 amide bonds. The summed E-state index contributed by atoms with van der Waals surface area (Å²) in [6.07, 6.45) is 11.3. The highest BCUT2D eigenvalue weighted by atomic mass is 16.5. The van der Waals surface area contributed by atoms with E-state index in [0.717, 1.165) is 45.3 Å². The number of ether oxygens (including phenoxy) is 1. The van der Waals surface area contributed by atoms with E-state index in [-0.39, 0.29) is 11.5 Å². The Balaban J connectivity index is 3.61. The normalized spacial score (nSPS) is 15.0. The van der Waals surface area contributed by atoms with Crippen molar-refractivity contribution in [1.82, 2.24) is 0 Å². The molecule has 0 aliphatic heterocycles. The molecular weight excluding hydrogens is 248 g/mol. The fourth-order valence-electron chi connectivity index (χ4n) is 1.71. The Bertz CT molecular complexity index is 284. The maximum absolute atomic E-state index is 9.42. The molecule has 0 bridgehead atoms. The predicted octanol–water partition coefficient (Wildman–Crippen LogP) is 4.88. The minimum Gasteiger partial charge on any atom is -0.393 e. The van der Waals surface area contributed by atoms with E-state index >= 15 is 0 Å². The maximum atomic E-state index is 9.42. The van der Waals surface area contributed by atoms with Gasteiger partial charge in [-0.1, -0.05) is 51.5 Å². The summed E-state index contributed by atoms with van der Waals surface area (Å²) in [6.45, 7) is 12.3. The van der Waals surface area contributed by atoms with Gasteiger partial charge < -0.3 is 9.84 Å². The third-order valence-corrected chi connectivity index (χ3v) is 3.09. The largest absolute Gasteiger partial charge is 0.393 e. The molecule has 1 atom stereocenters. The molecule has 0 saturated carbocycles. The molecule has 2 heteroatoms. The van der Waals surface area contributed by atoms with E-state index in [2.05, 4.69) is 45.9 Å². The van der Waals surface area contributed by atoms with Crippen molar-refractivity contribution in [1.29, 1.82) is 0 Å². The van der Waals surface area contributed by atoms with Crippen molar-refractivity contribution in [2.24, 2.45) is 5.41 Å². The molecule has 1 N–H and O–H groups in total. The quantitative estimate of drug-likeness (QED) is 0.457. The lowest BCUT2D eigenvalue weighted by atomic mass is 9.99. The topological polar surface area (TPSA) is 29.5 Å². The zero-order valence-electron chi connectivity index (χ0n) is 14.1. The van der Waals surface area contributed by atoms with E-state index in [1.54, 1.807) is 0 Å². The standard InChI is InChI=1S/C18H34O2/c1-6-17(19)12-10-8-7-9-11-16(2)13-14-20-15-18(3,4)5/h7-8,13,17,19H,6,9-12,14-15H2,1-5H3/b8-7+,16-13+. The summed E-state index contributed by atoms with van der Waals surface area (Å²) in [6, 6.07) is 0. The molecule has 0 rings (SSSR count). The van der Waals surface area contributed by atoms with Crippen LogP contribution < -0.4 is 0 Å². The van der Waals surface area contributed by atoms with E-state index in [1.165, 1.54) is 5.57 Å².